The first kappa shape index (κ1) is 10.5. The Morgan fingerprint density at radius 1 is 1.31 bits per heavy atom. The van der Waals surface area contributed by atoms with Gasteiger partial charge in [-0.15, -0.1) is 0 Å². The lowest BCUT2D eigenvalue weighted by molar-refractivity contribution is 0.740. The van der Waals surface area contributed by atoms with Crippen LogP contribution in [0.25, 0.3) is 0 Å². The molecule has 2 aromatic rings. The van der Waals surface area contributed by atoms with E-state index in [2.05, 4.69) is 20.5 Å². The van der Waals surface area contributed by atoms with E-state index in [-0.39, 0.29) is 0 Å². The Morgan fingerprint density at radius 3 is 2.69 bits per heavy atom. The smallest absolute Gasteiger partial charge is 0.171 e. The Bertz CT molecular complexity index is 470. The van der Waals surface area contributed by atoms with Gasteiger partial charge >= 0.3 is 0 Å². The molecule has 2 rings (SSSR count). The number of nitrogens with zero attached hydrogens (tertiary/aromatic N) is 5. The van der Waals surface area contributed by atoms with E-state index in [0.717, 1.165) is 12.2 Å². The molecular weight excluding hydrogens is 206 g/mol. The molecule has 0 amide bonds. The molecule has 0 bridgehead atoms. The minimum Gasteiger partial charge on any atom is -0.394 e. The Labute approximate surface area is 93.3 Å². The van der Waals surface area contributed by atoms with Crippen LogP contribution < -0.4 is 11.1 Å². The lowest BCUT2D eigenvalue weighted by atomic mass is 10.4. The Morgan fingerprint density at radius 2 is 2.12 bits per heavy atom. The van der Waals surface area contributed by atoms with Crippen LogP contribution >= 0.6 is 0 Å². The monoisotopic (exact) mass is 221 g/mol. The van der Waals surface area contributed by atoms with E-state index in [1.54, 1.807) is 21.9 Å². The van der Waals surface area contributed by atoms with Gasteiger partial charge in [0, 0.05) is 33.3 Å². The van der Waals surface area contributed by atoms with Crippen LogP contribution in [0.1, 0.15) is 5.82 Å². The van der Waals surface area contributed by atoms with Gasteiger partial charge in [-0.3, -0.25) is 9.36 Å². The standard InChI is InChI=1S/C9H15N7/c1-15-5-7(10)9(14-15)11-4-3-8-12-6-16(2)13-8/h5-6H,3-4,10H2,1-2H3,(H,11,14). The highest BCUT2D eigenvalue weighted by molar-refractivity contribution is 5.59. The Hall–Kier alpha value is -2.05. The summed E-state index contributed by atoms with van der Waals surface area (Å²) in [5, 5.41) is 11.5. The molecule has 2 heterocycles. The highest BCUT2D eigenvalue weighted by Crippen LogP contribution is 2.13. The summed E-state index contributed by atoms with van der Waals surface area (Å²) in [5.74, 6) is 1.52. The first-order chi connectivity index (χ1) is 7.65. The highest BCUT2D eigenvalue weighted by Gasteiger charge is 2.04. The second-order valence-electron chi connectivity index (χ2n) is 3.62. The van der Waals surface area contributed by atoms with Crippen LogP contribution in [0.3, 0.4) is 0 Å². The Balaban J connectivity index is 1.86. The fraction of sp³-hybridized carbons (Fsp3) is 0.444. The molecule has 3 N–H and O–H groups in total. The van der Waals surface area contributed by atoms with Crippen LogP contribution in [0.4, 0.5) is 11.5 Å². The van der Waals surface area contributed by atoms with E-state index >= 15 is 0 Å². The second kappa shape index (κ2) is 4.21. The molecule has 0 atom stereocenters. The number of anilines is 2. The molecular formula is C9H15N7. The third kappa shape index (κ3) is 2.30. The number of nitrogen functional groups attached to an aromatic ring is 1. The van der Waals surface area contributed by atoms with Crippen molar-refractivity contribution in [3.63, 3.8) is 0 Å². The Kier molecular flexibility index (Phi) is 2.76. The molecule has 86 valence electrons. The third-order valence-electron chi connectivity index (χ3n) is 2.15. The lowest BCUT2D eigenvalue weighted by Gasteiger charge is -2.01. The maximum Gasteiger partial charge on any atom is 0.171 e. The topological polar surface area (TPSA) is 86.6 Å². The van der Waals surface area contributed by atoms with Crippen molar-refractivity contribution in [2.45, 2.75) is 6.42 Å². The van der Waals surface area contributed by atoms with Crippen molar-refractivity contribution in [1.29, 1.82) is 0 Å². The van der Waals surface area contributed by atoms with Gasteiger partial charge in [-0.1, -0.05) is 0 Å². The zero-order valence-electron chi connectivity index (χ0n) is 9.38. The normalized spacial score (nSPS) is 10.6. The number of aromatic nitrogens is 5. The summed E-state index contributed by atoms with van der Waals surface area (Å²) < 4.78 is 3.36. The van der Waals surface area contributed by atoms with Crippen molar-refractivity contribution < 1.29 is 0 Å². The summed E-state index contributed by atoms with van der Waals surface area (Å²) in [6.45, 7) is 0.714. The fourth-order valence-electron chi connectivity index (χ4n) is 1.44. The molecule has 0 aromatic carbocycles. The molecule has 0 saturated carbocycles. The van der Waals surface area contributed by atoms with Gasteiger partial charge in [-0.05, 0) is 0 Å². The van der Waals surface area contributed by atoms with Crippen LogP contribution in [0.15, 0.2) is 12.5 Å². The molecule has 0 radical (unpaired) electrons. The van der Waals surface area contributed by atoms with Gasteiger partial charge in [0.1, 0.15) is 6.33 Å². The van der Waals surface area contributed by atoms with Gasteiger partial charge in [0.25, 0.3) is 0 Å². The maximum atomic E-state index is 5.74. The van der Waals surface area contributed by atoms with Crippen molar-refractivity contribution in [2.24, 2.45) is 14.1 Å². The molecule has 0 aliphatic rings. The van der Waals surface area contributed by atoms with E-state index < -0.39 is 0 Å². The van der Waals surface area contributed by atoms with Crippen molar-refractivity contribution >= 4 is 11.5 Å². The molecule has 0 fully saturated rings. The minimum absolute atomic E-state index is 0.650. The number of nitrogens with one attached hydrogen (secondary N) is 1. The number of hydrogen-bond donors (Lipinski definition) is 2. The molecule has 7 heteroatoms. The summed E-state index contributed by atoms with van der Waals surface area (Å²) in [6.07, 6.45) is 4.20. The largest absolute Gasteiger partial charge is 0.394 e. The maximum absolute atomic E-state index is 5.74. The molecule has 0 aliphatic heterocycles. The molecule has 7 nitrogen and oxygen atoms in total. The molecule has 16 heavy (non-hydrogen) atoms. The predicted octanol–water partition coefficient (Wildman–Crippen LogP) is -0.215. The van der Waals surface area contributed by atoms with Gasteiger partial charge in [0.15, 0.2) is 11.6 Å². The predicted molar refractivity (Wildman–Crippen MR) is 60.8 cm³/mol. The number of rotatable bonds is 4. The summed E-state index contributed by atoms with van der Waals surface area (Å²) >= 11 is 0. The summed E-state index contributed by atoms with van der Waals surface area (Å²) in [5.41, 5.74) is 6.39. The third-order valence-corrected chi connectivity index (χ3v) is 2.15. The van der Waals surface area contributed by atoms with Crippen LogP contribution in [0.2, 0.25) is 0 Å². The molecule has 0 unspecified atom stereocenters. The van der Waals surface area contributed by atoms with E-state index in [4.69, 9.17) is 5.73 Å². The lowest BCUT2D eigenvalue weighted by Crippen LogP contribution is -2.08. The van der Waals surface area contributed by atoms with Crippen molar-refractivity contribution in [2.75, 3.05) is 17.6 Å². The quantitative estimate of drug-likeness (QED) is 0.745. The molecule has 0 aliphatic carbocycles. The van der Waals surface area contributed by atoms with Gasteiger partial charge in [0.2, 0.25) is 0 Å². The van der Waals surface area contributed by atoms with E-state index in [1.165, 1.54) is 0 Å². The van der Waals surface area contributed by atoms with Crippen LogP contribution in [-0.4, -0.2) is 31.1 Å². The zero-order valence-corrected chi connectivity index (χ0v) is 9.38. The van der Waals surface area contributed by atoms with Gasteiger partial charge in [0.05, 0.1) is 5.69 Å². The SMILES string of the molecule is Cn1cnc(CCNc2nn(C)cc2N)n1. The first-order valence-electron chi connectivity index (χ1n) is 5.02. The first-order valence-corrected chi connectivity index (χ1v) is 5.02. The molecule has 0 spiro atoms. The molecule has 2 aromatic heterocycles. The minimum atomic E-state index is 0.650. The van der Waals surface area contributed by atoms with E-state index in [1.807, 2.05) is 14.1 Å². The van der Waals surface area contributed by atoms with E-state index in [0.29, 0.717) is 18.1 Å². The average Bonchev–Trinajstić information content (AvgIpc) is 2.74. The summed E-state index contributed by atoms with van der Waals surface area (Å²) in [7, 11) is 3.68. The second-order valence-corrected chi connectivity index (χ2v) is 3.62. The molecule has 0 saturated heterocycles. The van der Waals surface area contributed by atoms with E-state index in [9.17, 15) is 0 Å². The van der Waals surface area contributed by atoms with Crippen LogP contribution in [-0.2, 0) is 20.5 Å². The summed E-state index contributed by atoms with van der Waals surface area (Å²) in [6, 6.07) is 0. The average molecular weight is 221 g/mol. The highest BCUT2D eigenvalue weighted by atomic mass is 15.3. The van der Waals surface area contributed by atoms with Crippen LogP contribution in [0, 0.1) is 0 Å². The van der Waals surface area contributed by atoms with Crippen molar-refractivity contribution in [1.82, 2.24) is 24.5 Å². The van der Waals surface area contributed by atoms with Gasteiger partial charge in [-0.2, -0.15) is 10.2 Å². The van der Waals surface area contributed by atoms with Gasteiger partial charge < -0.3 is 11.1 Å². The number of nitrogens with two attached hydrogens (primary N) is 1. The van der Waals surface area contributed by atoms with Crippen molar-refractivity contribution in [3.05, 3.63) is 18.3 Å². The van der Waals surface area contributed by atoms with Crippen LogP contribution in [0.5, 0.6) is 0 Å². The summed E-state index contributed by atoms with van der Waals surface area (Å²) in [4.78, 5) is 4.13. The van der Waals surface area contributed by atoms with Gasteiger partial charge in [-0.25, -0.2) is 4.98 Å². The zero-order chi connectivity index (χ0) is 11.5. The number of hydrogen-bond acceptors (Lipinski definition) is 5. The van der Waals surface area contributed by atoms with Crippen molar-refractivity contribution in [3.8, 4) is 0 Å². The fourth-order valence-corrected chi connectivity index (χ4v) is 1.44. The number of aryl methyl sites for hydroxylation is 2.